The lowest BCUT2D eigenvalue weighted by Crippen LogP contribution is -1.91. The van der Waals surface area contributed by atoms with E-state index in [-0.39, 0.29) is 0 Å². The second-order valence-electron chi connectivity index (χ2n) is 3.34. The Labute approximate surface area is 91.6 Å². The van der Waals surface area contributed by atoms with Crippen LogP contribution in [0.1, 0.15) is 37.5 Å². The summed E-state index contributed by atoms with van der Waals surface area (Å²) >= 11 is 6.16. The van der Waals surface area contributed by atoms with Gasteiger partial charge in [-0.25, -0.2) is 0 Å². The molecule has 14 heavy (non-hydrogen) atoms. The Morgan fingerprint density at radius 1 is 1.29 bits per heavy atom. The van der Waals surface area contributed by atoms with Gasteiger partial charge in [0, 0.05) is 5.03 Å². The minimum atomic E-state index is 0.858. The Morgan fingerprint density at radius 3 is 2.50 bits per heavy atom. The zero-order chi connectivity index (χ0) is 10.6. The van der Waals surface area contributed by atoms with Crippen molar-refractivity contribution >= 4 is 16.6 Å². The molecule has 0 aliphatic heterocycles. The summed E-state index contributed by atoms with van der Waals surface area (Å²) in [4.78, 5) is 0. The molecule has 0 aromatic heterocycles. The van der Waals surface area contributed by atoms with Gasteiger partial charge in [-0.2, -0.15) is 0 Å². The van der Waals surface area contributed by atoms with Crippen LogP contribution in [0.3, 0.4) is 0 Å². The van der Waals surface area contributed by atoms with Crippen molar-refractivity contribution in [3.05, 3.63) is 41.0 Å². The Kier molecular flexibility index (Phi) is 4.21. The molecule has 0 amide bonds. The van der Waals surface area contributed by atoms with E-state index in [9.17, 15) is 0 Å². The van der Waals surface area contributed by atoms with Crippen LogP contribution in [0.5, 0.6) is 0 Å². The van der Waals surface area contributed by atoms with Gasteiger partial charge in [-0.3, -0.25) is 0 Å². The van der Waals surface area contributed by atoms with Gasteiger partial charge in [0.25, 0.3) is 0 Å². The minimum absolute atomic E-state index is 0.858. The normalized spacial score (nSPS) is 11.9. The maximum absolute atomic E-state index is 6.16. The largest absolute Gasteiger partial charge is 0.0840 e. The molecule has 0 fully saturated rings. The van der Waals surface area contributed by atoms with E-state index in [2.05, 4.69) is 32.0 Å². The molecule has 0 saturated heterocycles. The minimum Gasteiger partial charge on any atom is -0.0840 e. The van der Waals surface area contributed by atoms with Gasteiger partial charge in [-0.15, -0.1) is 0 Å². The van der Waals surface area contributed by atoms with Crippen molar-refractivity contribution in [2.75, 3.05) is 0 Å². The molecular formula is C13H17Cl. The van der Waals surface area contributed by atoms with E-state index >= 15 is 0 Å². The van der Waals surface area contributed by atoms with Crippen molar-refractivity contribution in [1.29, 1.82) is 0 Å². The van der Waals surface area contributed by atoms with Crippen LogP contribution in [0.15, 0.2) is 24.3 Å². The van der Waals surface area contributed by atoms with Crippen LogP contribution in [0.4, 0.5) is 0 Å². The van der Waals surface area contributed by atoms with Gasteiger partial charge in [-0.1, -0.05) is 49.7 Å². The highest BCUT2D eigenvalue weighted by Crippen LogP contribution is 2.24. The maximum Gasteiger partial charge on any atom is 0.0438 e. The van der Waals surface area contributed by atoms with Gasteiger partial charge in [0.1, 0.15) is 0 Å². The van der Waals surface area contributed by atoms with Crippen molar-refractivity contribution in [2.45, 2.75) is 33.6 Å². The topological polar surface area (TPSA) is 0 Å². The first-order valence-electron chi connectivity index (χ1n) is 5.16. The van der Waals surface area contributed by atoms with E-state index in [4.69, 9.17) is 11.6 Å². The Balaban J connectivity index is 3.21. The molecule has 0 spiro atoms. The predicted molar refractivity (Wildman–Crippen MR) is 64.7 cm³/mol. The summed E-state index contributed by atoms with van der Waals surface area (Å²) in [5.41, 5.74) is 3.86. The first-order chi connectivity index (χ1) is 6.72. The highest BCUT2D eigenvalue weighted by Gasteiger charge is 2.04. The molecule has 0 bridgehead atoms. The third kappa shape index (κ3) is 2.39. The van der Waals surface area contributed by atoms with Gasteiger partial charge < -0.3 is 0 Å². The average molecular weight is 209 g/mol. The van der Waals surface area contributed by atoms with Crippen LogP contribution >= 0.6 is 11.6 Å². The zero-order valence-electron chi connectivity index (χ0n) is 9.10. The van der Waals surface area contributed by atoms with E-state index in [0.717, 1.165) is 17.9 Å². The Bertz CT molecular complexity index is 337. The van der Waals surface area contributed by atoms with Gasteiger partial charge >= 0.3 is 0 Å². The third-order valence-corrected chi connectivity index (χ3v) is 2.90. The van der Waals surface area contributed by atoms with Gasteiger partial charge in [0.05, 0.1) is 0 Å². The van der Waals surface area contributed by atoms with Gasteiger partial charge in [-0.05, 0) is 36.5 Å². The summed E-state index contributed by atoms with van der Waals surface area (Å²) in [6.45, 7) is 6.29. The molecule has 0 saturated carbocycles. The lowest BCUT2D eigenvalue weighted by molar-refractivity contribution is 1.09. The molecule has 0 atom stereocenters. The second kappa shape index (κ2) is 5.21. The maximum atomic E-state index is 6.16. The van der Waals surface area contributed by atoms with Crippen molar-refractivity contribution < 1.29 is 0 Å². The number of hydrogen-bond donors (Lipinski definition) is 0. The molecule has 1 heteroatoms. The molecule has 0 radical (unpaired) electrons. The SMILES string of the molecule is C/C=C(/Cl)c1cc(CC)ccc1CC. The number of allylic oxidation sites excluding steroid dienone is 1. The zero-order valence-corrected chi connectivity index (χ0v) is 9.86. The van der Waals surface area contributed by atoms with Crippen molar-refractivity contribution in [1.82, 2.24) is 0 Å². The molecule has 0 aliphatic carbocycles. The van der Waals surface area contributed by atoms with Crippen molar-refractivity contribution in [3.63, 3.8) is 0 Å². The molecule has 1 rings (SSSR count). The molecule has 0 aliphatic rings. The first-order valence-corrected chi connectivity index (χ1v) is 5.54. The fourth-order valence-electron chi connectivity index (χ4n) is 1.53. The Hall–Kier alpha value is -0.750. The number of aryl methyl sites for hydroxylation is 2. The quantitative estimate of drug-likeness (QED) is 0.690. The molecule has 1 aromatic rings. The van der Waals surface area contributed by atoms with Crippen LogP contribution in [-0.2, 0) is 12.8 Å². The Morgan fingerprint density at radius 2 is 2.00 bits per heavy atom. The molecule has 0 nitrogen and oxygen atoms in total. The highest BCUT2D eigenvalue weighted by atomic mass is 35.5. The van der Waals surface area contributed by atoms with E-state index < -0.39 is 0 Å². The molecule has 1 aromatic carbocycles. The number of hydrogen-bond acceptors (Lipinski definition) is 0. The van der Waals surface area contributed by atoms with Crippen molar-refractivity contribution in [3.8, 4) is 0 Å². The van der Waals surface area contributed by atoms with Crippen LogP contribution in [0.2, 0.25) is 0 Å². The summed E-state index contributed by atoms with van der Waals surface area (Å²) in [6, 6.07) is 6.56. The van der Waals surface area contributed by atoms with Crippen LogP contribution < -0.4 is 0 Å². The monoisotopic (exact) mass is 208 g/mol. The van der Waals surface area contributed by atoms with Gasteiger partial charge in [0.15, 0.2) is 0 Å². The molecule has 0 N–H and O–H groups in total. The standard InChI is InChI=1S/C13H17Cl/c1-4-10-7-8-11(5-2)12(9-10)13(14)6-3/h6-9H,4-5H2,1-3H3/b13-6+. The predicted octanol–water partition coefficient (Wildman–Crippen LogP) is 4.41. The summed E-state index contributed by atoms with van der Waals surface area (Å²) < 4.78 is 0. The van der Waals surface area contributed by atoms with E-state index in [1.807, 2.05) is 13.0 Å². The fraction of sp³-hybridized carbons (Fsp3) is 0.385. The lowest BCUT2D eigenvalue weighted by Gasteiger charge is -2.08. The highest BCUT2D eigenvalue weighted by molar-refractivity contribution is 6.48. The number of benzene rings is 1. The molecular weight excluding hydrogens is 192 g/mol. The molecule has 0 heterocycles. The first kappa shape index (κ1) is 11.3. The summed E-state index contributed by atoms with van der Waals surface area (Å²) in [7, 11) is 0. The second-order valence-corrected chi connectivity index (χ2v) is 3.74. The number of rotatable bonds is 3. The third-order valence-electron chi connectivity index (χ3n) is 2.47. The van der Waals surface area contributed by atoms with E-state index in [1.165, 1.54) is 16.7 Å². The molecule has 76 valence electrons. The van der Waals surface area contributed by atoms with Crippen LogP contribution in [0.25, 0.3) is 5.03 Å². The number of halogens is 1. The van der Waals surface area contributed by atoms with Crippen LogP contribution in [0, 0.1) is 0 Å². The average Bonchev–Trinajstić information content (AvgIpc) is 2.27. The van der Waals surface area contributed by atoms with Crippen LogP contribution in [-0.4, -0.2) is 0 Å². The molecule has 0 unspecified atom stereocenters. The summed E-state index contributed by atoms with van der Waals surface area (Å²) in [5.74, 6) is 0. The van der Waals surface area contributed by atoms with Crippen molar-refractivity contribution in [2.24, 2.45) is 0 Å². The summed E-state index contributed by atoms with van der Waals surface area (Å²) in [5, 5.41) is 0.858. The van der Waals surface area contributed by atoms with E-state index in [1.54, 1.807) is 0 Å². The smallest absolute Gasteiger partial charge is 0.0438 e. The summed E-state index contributed by atoms with van der Waals surface area (Å²) in [6.07, 6.45) is 4.05. The van der Waals surface area contributed by atoms with E-state index in [0.29, 0.717) is 0 Å². The fourth-order valence-corrected chi connectivity index (χ4v) is 1.71. The van der Waals surface area contributed by atoms with Gasteiger partial charge in [0.2, 0.25) is 0 Å². The lowest BCUT2D eigenvalue weighted by atomic mass is 10.0.